The fourth-order valence-electron chi connectivity index (χ4n) is 1.90. The number of rotatable bonds is 5. The van der Waals surface area contributed by atoms with Crippen LogP contribution in [0.1, 0.15) is 24.5 Å². The summed E-state index contributed by atoms with van der Waals surface area (Å²) in [4.78, 5) is 0. The Morgan fingerprint density at radius 2 is 1.72 bits per heavy atom. The van der Waals surface area contributed by atoms with Crippen molar-refractivity contribution < 1.29 is 4.74 Å². The summed E-state index contributed by atoms with van der Waals surface area (Å²) in [7, 11) is 0. The molecule has 0 saturated carbocycles. The van der Waals surface area contributed by atoms with E-state index in [1.165, 1.54) is 5.56 Å². The van der Waals surface area contributed by atoms with Crippen LogP contribution in [-0.2, 0) is 13.0 Å². The van der Waals surface area contributed by atoms with Crippen LogP contribution in [0.4, 0.5) is 5.69 Å². The first-order chi connectivity index (χ1) is 8.79. The normalized spacial score (nSPS) is 10.3. The Kier molecular flexibility index (Phi) is 4.24. The van der Waals surface area contributed by atoms with Crippen LogP contribution in [0.2, 0.25) is 0 Å². The second-order valence-electron chi connectivity index (χ2n) is 4.39. The Balaban J connectivity index is 2.03. The first-order valence-corrected chi connectivity index (χ1v) is 6.34. The van der Waals surface area contributed by atoms with Crippen molar-refractivity contribution in [3.63, 3.8) is 0 Å². The molecule has 2 heteroatoms. The summed E-state index contributed by atoms with van der Waals surface area (Å²) in [5, 5.41) is 0. The zero-order valence-electron chi connectivity index (χ0n) is 10.7. The summed E-state index contributed by atoms with van der Waals surface area (Å²) < 4.78 is 5.87. The van der Waals surface area contributed by atoms with Crippen molar-refractivity contribution in [2.45, 2.75) is 26.4 Å². The van der Waals surface area contributed by atoms with Crippen LogP contribution >= 0.6 is 0 Å². The summed E-state index contributed by atoms with van der Waals surface area (Å²) in [6, 6.07) is 16.0. The molecule has 0 heterocycles. The number of nitrogens with two attached hydrogens (primary N) is 1. The van der Waals surface area contributed by atoms with E-state index >= 15 is 0 Å². The number of para-hydroxylation sites is 1. The molecule has 2 rings (SSSR count). The highest BCUT2D eigenvalue weighted by Crippen LogP contribution is 2.20. The minimum absolute atomic E-state index is 0.584. The average molecular weight is 241 g/mol. The molecule has 0 fully saturated rings. The van der Waals surface area contributed by atoms with E-state index in [4.69, 9.17) is 10.5 Å². The summed E-state index contributed by atoms with van der Waals surface area (Å²) >= 11 is 0. The van der Waals surface area contributed by atoms with Gasteiger partial charge in [-0.3, -0.25) is 0 Å². The number of benzene rings is 2. The molecular formula is C16H19NO. The minimum atomic E-state index is 0.584. The lowest BCUT2D eigenvalue weighted by molar-refractivity contribution is 0.303. The lowest BCUT2D eigenvalue weighted by Crippen LogP contribution is -1.98. The quantitative estimate of drug-likeness (QED) is 0.808. The van der Waals surface area contributed by atoms with E-state index in [1.807, 2.05) is 36.4 Å². The Hall–Kier alpha value is -1.96. The first-order valence-electron chi connectivity index (χ1n) is 6.34. The van der Waals surface area contributed by atoms with Gasteiger partial charge < -0.3 is 10.5 Å². The maximum Gasteiger partial charge on any atom is 0.122 e. The minimum Gasteiger partial charge on any atom is -0.489 e. The van der Waals surface area contributed by atoms with Gasteiger partial charge in [-0.2, -0.15) is 0 Å². The van der Waals surface area contributed by atoms with Crippen LogP contribution in [0.15, 0.2) is 48.5 Å². The Morgan fingerprint density at radius 1 is 1.00 bits per heavy atom. The predicted octanol–water partition coefficient (Wildman–Crippen LogP) is 3.80. The molecule has 2 N–H and O–H groups in total. The Bertz CT molecular complexity index is 491. The fraction of sp³-hybridized carbons (Fsp3) is 0.250. The van der Waals surface area contributed by atoms with Gasteiger partial charge in [0.15, 0.2) is 0 Å². The lowest BCUT2D eigenvalue weighted by Gasteiger charge is -2.11. The second kappa shape index (κ2) is 6.10. The van der Waals surface area contributed by atoms with E-state index in [1.54, 1.807) is 0 Å². The van der Waals surface area contributed by atoms with E-state index in [-0.39, 0.29) is 0 Å². The maximum absolute atomic E-state index is 5.87. The van der Waals surface area contributed by atoms with Gasteiger partial charge >= 0.3 is 0 Å². The summed E-state index contributed by atoms with van der Waals surface area (Å²) in [6.07, 6.45) is 2.18. The van der Waals surface area contributed by atoms with Crippen LogP contribution < -0.4 is 10.5 Å². The molecule has 0 amide bonds. The predicted molar refractivity (Wildman–Crippen MR) is 75.6 cm³/mol. The molecule has 0 aromatic heterocycles. The molecule has 0 bridgehead atoms. The van der Waals surface area contributed by atoms with E-state index in [2.05, 4.69) is 19.1 Å². The number of hydrogen-bond donors (Lipinski definition) is 1. The van der Waals surface area contributed by atoms with Crippen molar-refractivity contribution >= 4 is 5.69 Å². The van der Waals surface area contributed by atoms with Crippen LogP contribution in [0.3, 0.4) is 0 Å². The smallest absolute Gasteiger partial charge is 0.122 e. The zero-order chi connectivity index (χ0) is 12.8. The highest BCUT2D eigenvalue weighted by molar-refractivity contribution is 5.39. The largest absolute Gasteiger partial charge is 0.489 e. The molecule has 2 nitrogen and oxygen atoms in total. The standard InChI is InChI=1S/C16H19NO/c1-2-5-14-6-3-4-7-16(14)18-12-13-8-10-15(17)11-9-13/h3-4,6-11H,2,5,12,17H2,1H3. The molecule has 0 aliphatic carbocycles. The molecule has 0 atom stereocenters. The molecule has 0 saturated heterocycles. The summed E-state index contributed by atoms with van der Waals surface area (Å²) in [6.45, 7) is 2.76. The highest BCUT2D eigenvalue weighted by atomic mass is 16.5. The van der Waals surface area contributed by atoms with Gasteiger partial charge in [-0.15, -0.1) is 0 Å². The first kappa shape index (κ1) is 12.5. The van der Waals surface area contributed by atoms with Crippen molar-refractivity contribution in [3.05, 3.63) is 59.7 Å². The third-order valence-corrected chi connectivity index (χ3v) is 2.87. The van der Waals surface area contributed by atoms with Gasteiger partial charge in [0.25, 0.3) is 0 Å². The molecule has 0 spiro atoms. The van der Waals surface area contributed by atoms with Crippen molar-refractivity contribution in [1.82, 2.24) is 0 Å². The van der Waals surface area contributed by atoms with Gasteiger partial charge in [0.2, 0.25) is 0 Å². The molecule has 2 aromatic carbocycles. The average Bonchev–Trinajstić information content (AvgIpc) is 2.40. The SMILES string of the molecule is CCCc1ccccc1OCc1ccc(N)cc1. The Labute approximate surface area is 108 Å². The van der Waals surface area contributed by atoms with Gasteiger partial charge in [0, 0.05) is 5.69 Å². The molecule has 2 aromatic rings. The third-order valence-electron chi connectivity index (χ3n) is 2.87. The monoisotopic (exact) mass is 241 g/mol. The summed E-state index contributed by atoms with van der Waals surface area (Å²) in [5.74, 6) is 0.983. The zero-order valence-corrected chi connectivity index (χ0v) is 10.7. The number of anilines is 1. The van der Waals surface area contributed by atoms with Crippen LogP contribution in [0.25, 0.3) is 0 Å². The van der Waals surface area contributed by atoms with Crippen molar-refractivity contribution in [3.8, 4) is 5.75 Å². The Morgan fingerprint density at radius 3 is 2.44 bits per heavy atom. The maximum atomic E-state index is 5.87. The van der Waals surface area contributed by atoms with E-state index in [0.29, 0.717) is 6.61 Å². The highest BCUT2D eigenvalue weighted by Gasteiger charge is 2.02. The molecule has 0 radical (unpaired) electrons. The van der Waals surface area contributed by atoms with Gasteiger partial charge in [-0.1, -0.05) is 43.7 Å². The summed E-state index contributed by atoms with van der Waals surface area (Å²) in [5.41, 5.74) is 8.85. The fourth-order valence-corrected chi connectivity index (χ4v) is 1.90. The molecular weight excluding hydrogens is 222 g/mol. The van der Waals surface area contributed by atoms with Crippen LogP contribution in [0.5, 0.6) is 5.75 Å². The third kappa shape index (κ3) is 3.27. The van der Waals surface area contributed by atoms with Crippen molar-refractivity contribution in [2.75, 3.05) is 5.73 Å². The van der Waals surface area contributed by atoms with Gasteiger partial charge in [-0.25, -0.2) is 0 Å². The molecule has 18 heavy (non-hydrogen) atoms. The number of hydrogen-bond acceptors (Lipinski definition) is 2. The molecule has 0 aliphatic heterocycles. The van der Waals surface area contributed by atoms with Crippen LogP contribution in [-0.4, -0.2) is 0 Å². The second-order valence-corrected chi connectivity index (χ2v) is 4.39. The van der Waals surface area contributed by atoms with Gasteiger partial charge in [-0.05, 0) is 35.7 Å². The lowest BCUT2D eigenvalue weighted by atomic mass is 10.1. The van der Waals surface area contributed by atoms with Crippen molar-refractivity contribution in [2.24, 2.45) is 0 Å². The topological polar surface area (TPSA) is 35.2 Å². The molecule has 94 valence electrons. The number of ether oxygens (including phenoxy) is 1. The molecule has 0 unspecified atom stereocenters. The van der Waals surface area contributed by atoms with Gasteiger partial charge in [0.1, 0.15) is 12.4 Å². The molecule has 0 aliphatic rings. The van der Waals surface area contributed by atoms with E-state index < -0.39 is 0 Å². The number of nitrogen functional groups attached to an aromatic ring is 1. The van der Waals surface area contributed by atoms with E-state index in [0.717, 1.165) is 29.8 Å². The van der Waals surface area contributed by atoms with Crippen LogP contribution in [0, 0.1) is 0 Å². The number of aryl methyl sites for hydroxylation is 1. The van der Waals surface area contributed by atoms with E-state index in [9.17, 15) is 0 Å². The van der Waals surface area contributed by atoms with Gasteiger partial charge in [0.05, 0.1) is 0 Å². The van der Waals surface area contributed by atoms with Crippen molar-refractivity contribution in [1.29, 1.82) is 0 Å².